The molecule has 3 saturated heterocycles. The van der Waals surface area contributed by atoms with Gasteiger partial charge < -0.3 is 15.4 Å². The average molecular weight is 788 g/mol. The molecule has 4 aliphatic heterocycles. The molecule has 6 atom stereocenters. The molecule has 5 aromatic rings. The fourth-order valence-electron chi connectivity index (χ4n) is 9.65. The van der Waals surface area contributed by atoms with Crippen LogP contribution in [0, 0.1) is 11.7 Å². The number of carbonyl (C=O) groups is 4. The highest BCUT2D eigenvalue weighted by Gasteiger charge is 2.48. The van der Waals surface area contributed by atoms with Crippen molar-refractivity contribution < 1.29 is 32.7 Å². The molecule has 0 spiro atoms. The molecule has 6 heterocycles. The molecule has 58 heavy (non-hydrogen) atoms. The molecular formula is C42H39F2N9O5. The number of nitrogens with one attached hydrogen (secondary N) is 1. The molecule has 4 unspecified atom stereocenters. The number of fused-ring (bicyclic) bond motifs is 4. The van der Waals surface area contributed by atoms with Gasteiger partial charge in [-0.1, -0.05) is 18.2 Å². The number of rotatable bonds is 8. The molecule has 1 aliphatic carbocycles. The summed E-state index contributed by atoms with van der Waals surface area (Å²) in [6.07, 6.45) is 2.71. The number of halogens is 2. The molecule has 5 aliphatic rings. The molecule has 4 amide bonds. The first-order valence-electron chi connectivity index (χ1n) is 19.6. The van der Waals surface area contributed by atoms with E-state index in [0.717, 1.165) is 35.1 Å². The van der Waals surface area contributed by atoms with Crippen molar-refractivity contribution in [1.82, 2.24) is 34.9 Å². The topological polar surface area (TPSA) is 169 Å². The maximum atomic E-state index is 16.3. The van der Waals surface area contributed by atoms with Gasteiger partial charge in [0.1, 0.15) is 47.4 Å². The number of hydrogen-bond donors (Lipinski definition) is 2. The Morgan fingerprint density at radius 1 is 0.862 bits per heavy atom. The largest absolute Gasteiger partial charge is 0.457 e. The highest BCUT2D eigenvalue weighted by molar-refractivity contribution is 6.23. The van der Waals surface area contributed by atoms with Crippen molar-refractivity contribution in [2.45, 2.75) is 68.9 Å². The third-order valence-corrected chi connectivity index (χ3v) is 12.4. The minimum atomic E-state index is -1.18. The van der Waals surface area contributed by atoms with Gasteiger partial charge in [0.2, 0.25) is 11.8 Å². The van der Waals surface area contributed by atoms with Crippen LogP contribution in [0.5, 0.6) is 11.5 Å². The molecule has 2 bridgehead atoms. The van der Waals surface area contributed by atoms with Crippen LogP contribution in [0.25, 0.3) is 22.3 Å². The fraction of sp³-hybridized carbons (Fsp3) is 0.357. The first-order valence-corrected chi connectivity index (χ1v) is 19.6. The van der Waals surface area contributed by atoms with E-state index in [9.17, 15) is 19.2 Å². The van der Waals surface area contributed by atoms with Crippen LogP contribution in [-0.2, 0) is 9.59 Å². The van der Waals surface area contributed by atoms with Crippen LogP contribution in [0.15, 0.2) is 73.1 Å². The van der Waals surface area contributed by atoms with Crippen molar-refractivity contribution in [2.24, 2.45) is 5.92 Å². The van der Waals surface area contributed by atoms with Gasteiger partial charge in [0.05, 0.1) is 28.2 Å². The van der Waals surface area contributed by atoms with Crippen LogP contribution in [-0.4, -0.2) is 97.1 Å². The third kappa shape index (κ3) is 6.04. The molecule has 1 saturated carbocycles. The summed E-state index contributed by atoms with van der Waals surface area (Å²) >= 11 is 0. The van der Waals surface area contributed by atoms with E-state index in [1.807, 2.05) is 59.5 Å². The van der Waals surface area contributed by atoms with Gasteiger partial charge in [-0.2, -0.15) is 5.10 Å². The van der Waals surface area contributed by atoms with Gasteiger partial charge >= 0.3 is 0 Å². The molecular weight excluding hydrogens is 749 g/mol. The number of likely N-dealkylation sites (tertiary alicyclic amines) is 1. The number of carbonyl (C=O) groups excluding carboxylic acids is 4. The zero-order valence-corrected chi connectivity index (χ0v) is 31.3. The van der Waals surface area contributed by atoms with E-state index in [-0.39, 0.29) is 53.5 Å². The van der Waals surface area contributed by atoms with Gasteiger partial charge in [-0.15, -0.1) is 0 Å². The average Bonchev–Trinajstić information content (AvgIpc) is 3.97. The first kappa shape index (κ1) is 36.1. The summed E-state index contributed by atoms with van der Waals surface area (Å²) in [6.45, 7) is 1.89. The van der Waals surface area contributed by atoms with Gasteiger partial charge in [-0.05, 0) is 86.6 Å². The molecule has 0 radical (unpaired) electrons. The molecule has 14 nitrogen and oxygen atoms in total. The Kier molecular flexibility index (Phi) is 8.69. The molecule has 4 fully saturated rings. The van der Waals surface area contributed by atoms with E-state index >= 15 is 8.78 Å². The van der Waals surface area contributed by atoms with E-state index in [0.29, 0.717) is 55.0 Å². The summed E-state index contributed by atoms with van der Waals surface area (Å²) < 4.78 is 39.6. The normalized spacial score (nSPS) is 25.8. The van der Waals surface area contributed by atoms with Crippen molar-refractivity contribution in [3.05, 3.63) is 90.0 Å². The van der Waals surface area contributed by atoms with Crippen LogP contribution < -0.4 is 20.7 Å². The number of nitrogens with two attached hydrogens (primary N) is 1. The van der Waals surface area contributed by atoms with Gasteiger partial charge in [0, 0.05) is 43.7 Å². The van der Waals surface area contributed by atoms with E-state index < -0.39 is 47.7 Å². The highest BCUT2D eigenvalue weighted by atomic mass is 19.1. The summed E-state index contributed by atoms with van der Waals surface area (Å²) in [5.41, 5.74) is 8.43. The lowest BCUT2D eigenvalue weighted by molar-refractivity contribution is -0.136. The van der Waals surface area contributed by atoms with E-state index in [2.05, 4.69) is 20.2 Å². The Balaban J connectivity index is 0.801. The predicted octanol–water partition coefficient (Wildman–Crippen LogP) is 5.05. The zero-order valence-electron chi connectivity index (χ0n) is 31.3. The summed E-state index contributed by atoms with van der Waals surface area (Å²) in [7, 11) is 0. The van der Waals surface area contributed by atoms with Crippen LogP contribution >= 0.6 is 0 Å². The smallest absolute Gasteiger partial charge is 0.262 e. The Bertz CT molecular complexity index is 2500. The standard InChI is InChI=1S/C42H39F2N9O5/c43-30-14-22(6-11-32(30)53-39-36(38(45)46-21-47-39)37(49-53)23-7-9-27(10-8-23)58-26-4-2-1-3-5-26)18-50-19-25-15-24(50)20-51(25)34-17-29-28(16-31(34)44)41(56)52(42(29)57)33-12-13-35(54)48-40(33)55/h1-5,7-10,16-17,21-22,24-25,30,32-33H,6,11-15,18-20H2,(H2,45,46,47)(H,48,54,55)/t22?,24-,25-,30?,32?,33?/m0/s1. The van der Waals surface area contributed by atoms with Gasteiger partial charge in [-0.3, -0.25) is 34.3 Å². The van der Waals surface area contributed by atoms with Gasteiger partial charge in [0.15, 0.2) is 5.65 Å². The minimum absolute atomic E-state index is 0.000106. The number of benzene rings is 3. The van der Waals surface area contributed by atoms with Crippen molar-refractivity contribution in [2.75, 3.05) is 30.3 Å². The molecule has 296 valence electrons. The van der Waals surface area contributed by atoms with Crippen LogP contribution in [0.2, 0.25) is 0 Å². The Morgan fingerprint density at radius 2 is 1.62 bits per heavy atom. The lowest BCUT2D eigenvalue weighted by Gasteiger charge is -2.39. The molecule has 10 rings (SSSR count). The van der Waals surface area contributed by atoms with Crippen LogP contribution in [0.3, 0.4) is 0 Å². The van der Waals surface area contributed by atoms with Crippen molar-refractivity contribution in [1.29, 1.82) is 0 Å². The van der Waals surface area contributed by atoms with Gasteiger partial charge in [-0.25, -0.2) is 23.4 Å². The first-order chi connectivity index (χ1) is 28.1. The molecule has 3 N–H and O–H groups in total. The third-order valence-electron chi connectivity index (χ3n) is 12.4. The van der Waals surface area contributed by atoms with E-state index in [1.165, 1.54) is 12.4 Å². The summed E-state index contributed by atoms with van der Waals surface area (Å²) in [5.74, 6) is -1.44. The number of alkyl halides is 1. The maximum absolute atomic E-state index is 16.3. The summed E-state index contributed by atoms with van der Waals surface area (Å²) in [6, 6.07) is 17.9. The number of ether oxygens (including phenoxy) is 1. The highest BCUT2D eigenvalue weighted by Crippen LogP contribution is 2.43. The lowest BCUT2D eigenvalue weighted by Crippen LogP contribution is -2.54. The predicted molar refractivity (Wildman–Crippen MR) is 207 cm³/mol. The summed E-state index contributed by atoms with van der Waals surface area (Å²) in [4.78, 5) is 64.7. The Labute approximate surface area is 330 Å². The Morgan fingerprint density at radius 3 is 2.34 bits per heavy atom. The second-order valence-corrected chi connectivity index (χ2v) is 15.9. The SMILES string of the molecule is Nc1ncnc2c1c(-c1ccc(Oc3ccccc3)cc1)nn2C1CCC(CN2C[C@@H]3C[C@H]2CN3c2cc3c(cc2F)C(=O)N(C2CCC(=O)NC2=O)C3=O)CC1F. The number of amides is 4. The van der Waals surface area contributed by atoms with E-state index in [4.69, 9.17) is 15.6 Å². The van der Waals surface area contributed by atoms with Gasteiger partial charge in [0.25, 0.3) is 11.8 Å². The number of aromatic nitrogens is 4. The van der Waals surface area contributed by atoms with Crippen molar-refractivity contribution in [3.8, 4) is 22.8 Å². The van der Waals surface area contributed by atoms with Crippen molar-refractivity contribution in [3.63, 3.8) is 0 Å². The zero-order chi connectivity index (χ0) is 39.8. The fourth-order valence-corrected chi connectivity index (χ4v) is 9.65. The number of nitrogen functional groups attached to an aromatic ring is 1. The monoisotopic (exact) mass is 787 g/mol. The van der Waals surface area contributed by atoms with Crippen LogP contribution in [0.4, 0.5) is 20.3 Å². The quantitative estimate of drug-likeness (QED) is 0.202. The number of para-hydroxylation sites is 1. The van der Waals surface area contributed by atoms with E-state index in [1.54, 1.807) is 4.68 Å². The maximum Gasteiger partial charge on any atom is 0.262 e. The number of nitrogens with zero attached hydrogens (tertiary/aromatic N) is 7. The molecule has 3 aromatic carbocycles. The molecule has 2 aromatic heterocycles. The number of anilines is 2. The second-order valence-electron chi connectivity index (χ2n) is 15.9. The summed E-state index contributed by atoms with van der Waals surface area (Å²) in [5, 5.41) is 7.67. The number of imide groups is 2. The number of hydrogen-bond acceptors (Lipinski definition) is 11. The molecule has 16 heteroatoms. The van der Waals surface area contributed by atoms with Crippen LogP contribution in [0.1, 0.15) is 65.3 Å². The number of piperidine rings is 1. The lowest BCUT2D eigenvalue weighted by atomic mass is 9.84. The number of piperazine rings is 1. The second kappa shape index (κ2) is 14.0. The van der Waals surface area contributed by atoms with Crippen molar-refractivity contribution >= 4 is 46.2 Å². The minimum Gasteiger partial charge on any atom is -0.457 e. The Hall–Kier alpha value is -6.29.